The van der Waals surface area contributed by atoms with Crippen molar-refractivity contribution in [2.45, 2.75) is 6.61 Å². The summed E-state index contributed by atoms with van der Waals surface area (Å²) in [5.41, 5.74) is 7.13. The molecule has 2 N–H and O–H groups in total. The zero-order chi connectivity index (χ0) is 18.5. The minimum Gasteiger partial charge on any atom is -0.493 e. The zero-order valence-electron chi connectivity index (χ0n) is 13.6. The summed E-state index contributed by atoms with van der Waals surface area (Å²) in [4.78, 5) is 1.11. The van der Waals surface area contributed by atoms with Gasteiger partial charge in [0.25, 0.3) is 5.95 Å². The van der Waals surface area contributed by atoms with Crippen LogP contribution < -0.4 is 15.2 Å². The van der Waals surface area contributed by atoms with Crippen LogP contribution in [-0.2, 0) is 6.61 Å². The third kappa shape index (κ3) is 4.22. The molecule has 2 aromatic carbocycles. The number of methoxy groups -OCH3 is 1. The molecule has 0 saturated heterocycles. The summed E-state index contributed by atoms with van der Waals surface area (Å²) in [5, 5.41) is 15.7. The Kier molecular flexibility index (Phi) is 5.55. The quantitative estimate of drug-likeness (QED) is 0.646. The highest BCUT2D eigenvalue weighted by Gasteiger charge is 2.08. The van der Waals surface area contributed by atoms with Gasteiger partial charge in [0.2, 0.25) is 0 Å². The first-order valence-electron chi connectivity index (χ1n) is 7.40. The van der Waals surface area contributed by atoms with Crippen molar-refractivity contribution in [3.63, 3.8) is 0 Å². The molecule has 0 fully saturated rings. The minimum atomic E-state index is 0.0908. The standard InChI is InChI=1S/C16H14Cl2N6O2/c1-25-15-6-10(8-20-24-16(19)21-22-23-24)2-5-14(15)26-9-11-3-4-12(17)7-13(11)18/h2-8H,9H2,1H3,(H2,19,21,23)/b20-8-. The van der Waals surface area contributed by atoms with Crippen molar-refractivity contribution >= 4 is 35.4 Å². The molecule has 1 heterocycles. The molecule has 8 nitrogen and oxygen atoms in total. The first-order valence-corrected chi connectivity index (χ1v) is 8.15. The van der Waals surface area contributed by atoms with E-state index >= 15 is 0 Å². The van der Waals surface area contributed by atoms with E-state index < -0.39 is 0 Å². The first-order chi connectivity index (χ1) is 12.6. The largest absolute Gasteiger partial charge is 0.493 e. The Labute approximate surface area is 159 Å². The Balaban J connectivity index is 1.74. The van der Waals surface area contributed by atoms with Gasteiger partial charge in [0, 0.05) is 15.6 Å². The van der Waals surface area contributed by atoms with Crippen molar-refractivity contribution in [1.82, 2.24) is 20.3 Å². The summed E-state index contributed by atoms with van der Waals surface area (Å²) in [7, 11) is 1.55. The van der Waals surface area contributed by atoms with E-state index in [0.29, 0.717) is 21.5 Å². The van der Waals surface area contributed by atoms with Crippen LogP contribution in [-0.4, -0.2) is 33.6 Å². The summed E-state index contributed by atoms with van der Waals surface area (Å²) < 4.78 is 11.2. The Bertz CT molecular complexity index is 944. The minimum absolute atomic E-state index is 0.0908. The average molecular weight is 393 g/mol. The van der Waals surface area contributed by atoms with E-state index in [1.807, 2.05) is 12.1 Å². The fourth-order valence-electron chi connectivity index (χ4n) is 2.07. The van der Waals surface area contributed by atoms with Gasteiger partial charge in [-0.25, -0.2) is 0 Å². The highest BCUT2D eigenvalue weighted by Crippen LogP contribution is 2.29. The number of nitrogens with two attached hydrogens (primary N) is 1. The molecule has 0 aliphatic rings. The van der Waals surface area contributed by atoms with Crippen LogP contribution in [0.4, 0.5) is 5.95 Å². The van der Waals surface area contributed by atoms with Gasteiger partial charge in [-0.2, -0.15) is 5.10 Å². The molecule has 0 saturated carbocycles. The van der Waals surface area contributed by atoms with Crippen LogP contribution >= 0.6 is 23.2 Å². The number of hydrogen-bond acceptors (Lipinski definition) is 7. The van der Waals surface area contributed by atoms with Gasteiger partial charge >= 0.3 is 0 Å². The fraction of sp³-hybridized carbons (Fsp3) is 0.125. The number of hydrogen-bond donors (Lipinski definition) is 1. The molecule has 0 radical (unpaired) electrons. The SMILES string of the molecule is COc1cc(/C=N\n2nnnc2N)ccc1OCc1ccc(Cl)cc1Cl. The molecule has 134 valence electrons. The van der Waals surface area contributed by atoms with E-state index in [0.717, 1.165) is 15.9 Å². The molecule has 0 bridgehead atoms. The Hall–Kier alpha value is -2.84. The molecule has 0 aliphatic carbocycles. The number of rotatable bonds is 6. The second-order valence-electron chi connectivity index (χ2n) is 5.11. The normalized spacial score (nSPS) is 11.0. The number of tetrazole rings is 1. The van der Waals surface area contributed by atoms with Gasteiger partial charge in [-0.3, -0.25) is 0 Å². The summed E-state index contributed by atoms with van der Waals surface area (Å²) >= 11 is 12.1. The van der Waals surface area contributed by atoms with E-state index in [4.69, 9.17) is 38.4 Å². The van der Waals surface area contributed by atoms with Crippen molar-refractivity contribution in [2.24, 2.45) is 5.10 Å². The highest BCUT2D eigenvalue weighted by molar-refractivity contribution is 6.35. The Morgan fingerprint density at radius 1 is 1.19 bits per heavy atom. The molecule has 10 heteroatoms. The van der Waals surface area contributed by atoms with Crippen LogP contribution in [0, 0.1) is 0 Å². The zero-order valence-corrected chi connectivity index (χ0v) is 15.1. The van der Waals surface area contributed by atoms with Gasteiger partial charge in [-0.1, -0.05) is 39.2 Å². The maximum atomic E-state index is 6.16. The van der Waals surface area contributed by atoms with E-state index in [2.05, 4.69) is 20.6 Å². The highest BCUT2D eigenvalue weighted by atomic mass is 35.5. The van der Waals surface area contributed by atoms with E-state index in [-0.39, 0.29) is 12.6 Å². The van der Waals surface area contributed by atoms with E-state index in [1.165, 1.54) is 0 Å². The molecule has 0 atom stereocenters. The van der Waals surface area contributed by atoms with Crippen LogP contribution in [0.1, 0.15) is 11.1 Å². The van der Waals surface area contributed by atoms with Crippen LogP contribution in [0.5, 0.6) is 11.5 Å². The van der Waals surface area contributed by atoms with Crippen LogP contribution in [0.25, 0.3) is 0 Å². The van der Waals surface area contributed by atoms with Crippen molar-refractivity contribution in [3.05, 3.63) is 57.6 Å². The van der Waals surface area contributed by atoms with E-state index in [1.54, 1.807) is 37.6 Å². The lowest BCUT2D eigenvalue weighted by molar-refractivity contribution is 0.284. The Morgan fingerprint density at radius 3 is 2.73 bits per heavy atom. The second-order valence-corrected chi connectivity index (χ2v) is 5.95. The van der Waals surface area contributed by atoms with Crippen molar-refractivity contribution in [3.8, 4) is 11.5 Å². The number of halogens is 2. The maximum absolute atomic E-state index is 6.16. The third-order valence-electron chi connectivity index (χ3n) is 3.38. The summed E-state index contributed by atoms with van der Waals surface area (Å²) in [6.07, 6.45) is 1.55. The number of nitrogen functional groups attached to an aromatic ring is 1. The van der Waals surface area contributed by atoms with Crippen LogP contribution in [0.2, 0.25) is 10.0 Å². The van der Waals surface area contributed by atoms with Crippen LogP contribution in [0.15, 0.2) is 41.5 Å². The smallest absolute Gasteiger partial charge is 0.263 e. The van der Waals surface area contributed by atoms with E-state index in [9.17, 15) is 0 Å². The van der Waals surface area contributed by atoms with Gasteiger partial charge in [0.1, 0.15) is 6.61 Å². The van der Waals surface area contributed by atoms with Gasteiger partial charge in [-0.15, -0.1) is 0 Å². The number of benzene rings is 2. The van der Waals surface area contributed by atoms with Crippen molar-refractivity contribution in [2.75, 3.05) is 12.8 Å². The lowest BCUT2D eigenvalue weighted by Gasteiger charge is -2.12. The van der Waals surface area contributed by atoms with Gasteiger partial charge in [0.05, 0.1) is 13.3 Å². The Morgan fingerprint density at radius 2 is 2.04 bits per heavy atom. The lowest BCUT2D eigenvalue weighted by atomic mass is 10.2. The number of ether oxygens (including phenoxy) is 2. The third-order valence-corrected chi connectivity index (χ3v) is 3.97. The van der Waals surface area contributed by atoms with Gasteiger partial charge in [0.15, 0.2) is 11.5 Å². The molecule has 0 aliphatic heterocycles. The average Bonchev–Trinajstić information content (AvgIpc) is 3.04. The predicted molar refractivity (Wildman–Crippen MR) is 99.0 cm³/mol. The summed E-state index contributed by atoms with van der Waals surface area (Å²) in [6, 6.07) is 10.6. The monoisotopic (exact) mass is 392 g/mol. The topological polar surface area (TPSA) is 100 Å². The molecular weight excluding hydrogens is 379 g/mol. The summed E-state index contributed by atoms with van der Waals surface area (Å²) in [5.74, 6) is 1.20. The second kappa shape index (κ2) is 8.03. The molecule has 3 rings (SSSR count). The van der Waals surface area contributed by atoms with Crippen LogP contribution in [0.3, 0.4) is 0 Å². The molecule has 0 amide bonds. The van der Waals surface area contributed by atoms with Gasteiger partial charge < -0.3 is 15.2 Å². The molecule has 26 heavy (non-hydrogen) atoms. The maximum Gasteiger partial charge on any atom is 0.263 e. The molecule has 3 aromatic rings. The van der Waals surface area contributed by atoms with Crippen molar-refractivity contribution in [1.29, 1.82) is 0 Å². The fourth-order valence-corrected chi connectivity index (χ4v) is 2.53. The molecular formula is C16H14Cl2N6O2. The number of nitrogens with zero attached hydrogens (tertiary/aromatic N) is 5. The lowest BCUT2D eigenvalue weighted by Crippen LogP contribution is -2.01. The summed E-state index contributed by atoms with van der Waals surface area (Å²) in [6.45, 7) is 0.279. The molecule has 1 aromatic heterocycles. The molecule has 0 spiro atoms. The van der Waals surface area contributed by atoms with Gasteiger partial charge in [-0.05, 0) is 46.3 Å². The predicted octanol–water partition coefficient (Wildman–Crippen LogP) is 3.03. The molecule has 0 unspecified atom stereocenters. The number of aromatic nitrogens is 4. The number of anilines is 1. The van der Waals surface area contributed by atoms with Crippen molar-refractivity contribution < 1.29 is 9.47 Å². The first kappa shape index (κ1) is 18.0.